The fraction of sp³-hybridized carbons (Fsp3) is 0.571. The molecule has 0 amide bonds. The number of likely N-dealkylation sites (N-methyl/N-ethyl adjacent to an activating group) is 1. The second-order valence-corrected chi connectivity index (χ2v) is 7.11. The molecule has 1 N–H and O–H groups in total. The van der Waals surface area contributed by atoms with Crippen molar-refractivity contribution >= 4 is 22.4 Å². The third-order valence-electron chi connectivity index (χ3n) is 3.85. The molecule has 0 spiro atoms. The first kappa shape index (κ1) is 17.4. The number of nitrogens with zero attached hydrogens (tertiary/aromatic N) is 1. The average Bonchev–Trinajstić information content (AvgIpc) is 2.82. The molecule has 1 saturated heterocycles. The minimum absolute atomic E-state index is 0. The van der Waals surface area contributed by atoms with E-state index in [-0.39, 0.29) is 18.4 Å². The van der Waals surface area contributed by atoms with E-state index in [4.69, 9.17) is 0 Å². The van der Waals surface area contributed by atoms with Gasteiger partial charge in [0.2, 0.25) is 10.0 Å². The highest BCUT2D eigenvalue weighted by Crippen LogP contribution is 2.26. The van der Waals surface area contributed by atoms with Gasteiger partial charge in [-0.2, -0.15) is 4.31 Å². The van der Waals surface area contributed by atoms with E-state index in [9.17, 15) is 8.42 Å². The molecule has 1 aliphatic rings. The lowest BCUT2D eigenvalue weighted by atomic mass is 10.1. The van der Waals surface area contributed by atoms with Crippen LogP contribution in [0.1, 0.15) is 24.0 Å². The van der Waals surface area contributed by atoms with Gasteiger partial charge in [0.15, 0.2) is 0 Å². The molecular formula is C14H23ClN2O2S. The van der Waals surface area contributed by atoms with Gasteiger partial charge in [0, 0.05) is 19.1 Å². The van der Waals surface area contributed by atoms with Gasteiger partial charge in [-0.3, -0.25) is 0 Å². The zero-order valence-corrected chi connectivity index (χ0v) is 13.9. The zero-order chi connectivity index (χ0) is 14.0. The summed E-state index contributed by atoms with van der Waals surface area (Å²) in [6.45, 7) is 5.28. The molecule has 20 heavy (non-hydrogen) atoms. The maximum Gasteiger partial charge on any atom is 0.243 e. The molecule has 0 aliphatic carbocycles. The van der Waals surface area contributed by atoms with E-state index in [1.807, 2.05) is 27.0 Å². The van der Waals surface area contributed by atoms with Crippen LogP contribution in [0.4, 0.5) is 0 Å². The largest absolute Gasteiger partial charge is 0.318 e. The smallest absolute Gasteiger partial charge is 0.243 e. The van der Waals surface area contributed by atoms with Crippen molar-refractivity contribution in [2.45, 2.75) is 37.6 Å². The van der Waals surface area contributed by atoms with Crippen molar-refractivity contribution in [3.05, 3.63) is 29.3 Å². The molecule has 1 aliphatic heterocycles. The second kappa shape index (κ2) is 6.89. The minimum Gasteiger partial charge on any atom is -0.318 e. The molecule has 2 rings (SSSR count). The Morgan fingerprint density at radius 3 is 2.60 bits per heavy atom. The highest BCUT2D eigenvalue weighted by molar-refractivity contribution is 7.89. The predicted octanol–water partition coefficient (Wildman–Crippen LogP) is 2.10. The lowest BCUT2D eigenvalue weighted by Crippen LogP contribution is -2.40. The summed E-state index contributed by atoms with van der Waals surface area (Å²) < 4.78 is 27.0. The van der Waals surface area contributed by atoms with Crippen LogP contribution in [0, 0.1) is 13.8 Å². The average molecular weight is 319 g/mol. The van der Waals surface area contributed by atoms with Crippen LogP contribution < -0.4 is 5.32 Å². The number of nitrogens with one attached hydrogen (secondary N) is 1. The van der Waals surface area contributed by atoms with Crippen molar-refractivity contribution in [3.8, 4) is 0 Å². The van der Waals surface area contributed by atoms with Gasteiger partial charge < -0.3 is 5.32 Å². The molecule has 0 saturated carbocycles. The van der Waals surface area contributed by atoms with E-state index in [0.717, 1.165) is 24.0 Å². The Hall–Kier alpha value is -0.620. The Bertz CT molecular complexity index is 560. The van der Waals surface area contributed by atoms with E-state index in [1.54, 1.807) is 16.4 Å². The van der Waals surface area contributed by atoms with E-state index in [1.165, 1.54) is 0 Å². The fourth-order valence-electron chi connectivity index (χ4n) is 2.58. The molecule has 1 aromatic carbocycles. The Labute approximate surface area is 128 Å². The highest BCUT2D eigenvalue weighted by atomic mass is 35.5. The molecule has 1 aromatic rings. The standard InChI is InChI=1S/C14H22N2O2S.ClH/c1-11-6-7-14(9-12(11)2)19(17,18)16-8-4-5-13(16)10-15-3;/h6-7,9,13,15H,4-5,8,10H2,1-3H3;1H. The Balaban J connectivity index is 0.00000200. The molecule has 114 valence electrons. The number of aryl methyl sites for hydroxylation is 2. The molecule has 0 radical (unpaired) electrons. The van der Waals surface area contributed by atoms with Gasteiger partial charge >= 0.3 is 0 Å². The van der Waals surface area contributed by atoms with Crippen LogP contribution in [0.2, 0.25) is 0 Å². The van der Waals surface area contributed by atoms with Gasteiger partial charge in [0.1, 0.15) is 0 Å². The molecule has 1 unspecified atom stereocenters. The first-order valence-electron chi connectivity index (χ1n) is 6.70. The van der Waals surface area contributed by atoms with Crippen LogP contribution in [0.3, 0.4) is 0 Å². The van der Waals surface area contributed by atoms with Crippen molar-refractivity contribution in [2.75, 3.05) is 20.1 Å². The Morgan fingerprint density at radius 1 is 1.30 bits per heavy atom. The summed E-state index contributed by atoms with van der Waals surface area (Å²) in [5.41, 5.74) is 2.14. The molecule has 4 nitrogen and oxygen atoms in total. The van der Waals surface area contributed by atoms with Gasteiger partial charge in [0.05, 0.1) is 4.90 Å². The van der Waals surface area contributed by atoms with Gasteiger partial charge in [-0.25, -0.2) is 8.42 Å². The second-order valence-electron chi connectivity index (χ2n) is 5.22. The Kier molecular flexibility index (Phi) is 6.01. The van der Waals surface area contributed by atoms with Crippen molar-refractivity contribution in [2.24, 2.45) is 0 Å². The fourth-order valence-corrected chi connectivity index (χ4v) is 4.35. The van der Waals surface area contributed by atoms with Crippen molar-refractivity contribution in [1.29, 1.82) is 0 Å². The zero-order valence-electron chi connectivity index (χ0n) is 12.2. The first-order valence-corrected chi connectivity index (χ1v) is 8.14. The van der Waals surface area contributed by atoms with Gasteiger partial charge in [0.25, 0.3) is 0 Å². The molecule has 1 heterocycles. The summed E-state index contributed by atoms with van der Waals surface area (Å²) in [4.78, 5) is 0.415. The summed E-state index contributed by atoms with van der Waals surface area (Å²) in [5, 5.41) is 3.08. The van der Waals surface area contributed by atoms with Crippen LogP contribution in [0.25, 0.3) is 0 Å². The van der Waals surface area contributed by atoms with Gasteiger partial charge in [-0.15, -0.1) is 12.4 Å². The normalized spacial score (nSPS) is 19.9. The number of benzene rings is 1. The van der Waals surface area contributed by atoms with E-state index < -0.39 is 10.0 Å². The third-order valence-corrected chi connectivity index (χ3v) is 5.80. The summed E-state index contributed by atoms with van der Waals surface area (Å²) in [5.74, 6) is 0. The molecule has 1 atom stereocenters. The predicted molar refractivity (Wildman–Crippen MR) is 84.0 cm³/mol. The van der Waals surface area contributed by atoms with Crippen molar-refractivity contribution in [1.82, 2.24) is 9.62 Å². The van der Waals surface area contributed by atoms with E-state index in [0.29, 0.717) is 18.0 Å². The van der Waals surface area contributed by atoms with Crippen LogP contribution in [-0.2, 0) is 10.0 Å². The van der Waals surface area contributed by atoms with Crippen molar-refractivity contribution < 1.29 is 8.42 Å². The lowest BCUT2D eigenvalue weighted by molar-refractivity contribution is 0.379. The maximum atomic E-state index is 12.7. The van der Waals surface area contributed by atoms with E-state index >= 15 is 0 Å². The van der Waals surface area contributed by atoms with Gasteiger partial charge in [-0.05, 0) is 57.0 Å². The van der Waals surface area contributed by atoms with Crippen LogP contribution in [0.15, 0.2) is 23.1 Å². The van der Waals surface area contributed by atoms with Gasteiger partial charge in [-0.1, -0.05) is 6.07 Å². The third kappa shape index (κ3) is 3.34. The molecule has 0 bridgehead atoms. The number of halogens is 1. The lowest BCUT2D eigenvalue weighted by Gasteiger charge is -2.24. The summed E-state index contributed by atoms with van der Waals surface area (Å²) in [6.07, 6.45) is 1.88. The minimum atomic E-state index is -3.36. The quantitative estimate of drug-likeness (QED) is 0.925. The summed E-state index contributed by atoms with van der Waals surface area (Å²) in [7, 11) is -1.50. The summed E-state index contributed by atoms with van der Waals surface area (Å²) in [6, 6.07) is 5.45. The summed E-state index contributed by atoms with van der Waals surface area (Å²) >= 11 is 0. The topological polar surface area (TPSA) is 49.4 Å². The molecular weight excluding hydrogens is 296 g/mol. The number of rotatable bonds is 4. The van der Waals surface area contributed by atoms with Crippen LogP contribution >= 0.6 is 12.4 Å². The van der Waals surface area contributed by atoms with E-state index in [2.05, 4.69) is 5.32 Å². The van der Waals surface area contributed by atoms with Crippen LogP contribution in [0.5, 0.6) is 0 Å². The maximum absolute atomic E-state index is 12.7. The monoisotopic (exact) mass is 318 g/mol. The number of hydrogen-bond acceptors (Lipinski definition) is 3. The molecule has 1 fully saturated rings. The SMILES string of the molecule is CNCC1CCCN1S(=O)(=O)c1ccc(C)c(C)c1.Cl. The number of sulfonamides is 1. The Morgan fingerprint density at radius 2 is 2.00 bits per heavy atom. The highest BCUT2D eigenvalue weighted by Gasteiger charge is 2.34. The number of hydrogen-bond donors (Lipinski definition) is 1. The molecule has 0 aromatic heterocycles. The van der Waals surface area contributed by atoms with Crippen molar-refractivity contribution in [3.63, 3.8) is 0 Å². The first-order chi connectivity index (χ1) is 8.96. The van der Waals surface area contributed by atoms with Crippen LogP contribution in [-0.4, -0.2) is 38.9 Å². The molecule has 6 heteroatoms.